The lowest BCUT2D eigenvalue weighted by molar-refractivity contribution is 0.158. The van der Waals surface area contributed by atoms with Crippen molar-refractivity contribution in [2.45, 2.75) is 44.7 Å². The van der Waals surface area contributed by atoms with Crippen LogP contribution in [0.4, 0.5) is 0 Å². The molecule has 2 heterocycles. The Balaban J connectivity index is 1.76. The summed E-state index contributed by atoms with van der Waals surface area (Å²) in [6.45, 7) is 5.91. The average Bonchev–Trinajstić information content (AvgIpc) is 2.89. The van der Waals surface area contributed by atoms with Crippen LogP contribution in [0.2, 0.25) is 0 Å². The molecule has 0 amide bonds. The van der Waals surface area contributed by atoms with E-state index in [0.717, 1.165) is 17.9 Å². The van der Waals surface area contributed by atoms with Crippen LogP contribution in [-0.4, -0.2) is 33.3 Å². The van der Waals surface area contributed by atoms with Gasteiger partial charge >= 0.3 is 0 Å². The summed E-state index contributed by atoms with van der Waals surface area (Å²) in [5.41, 5.74) is 1.32. The number of rotatable bonds is 2. The summed E-state index contributed by atoms with van der Waals surface area (Å²) in [6.07, 6.45) is 4.78. The van der Waals surface area contributed by atoms with Crippen LogP contribution < -0.4 is 0 Å². The van der Waals surface area contributed by atoms with Crippen molar-refractivity contribution in [2.75, 3.05) is 6.54 Å². The van der Waals surface area contributed by atoms with E-state index in [1.165, 1.54) is 25.1 Å². The van der Waals surface area contributed by atoms with Gasteiger partial charge in [0.05, 0.1) is 5.69 Å². The fourth-order valence-corrected chi connectivity index (χ4v) is 3.61. The number of likely N-dealkylation sites (tertiary alicyclic amines) is 1. The van der Waals surface area contributed by atoms with Crippen LogP contribution in [0.5, 0.6) is 0 Å². The summed E-state index contributed by atoms with van der Waals surface area (Å²) in [4.78, 5) is 2.67. The number of aromatic nitrogens is 2. The second-order valence-electron chi connectivity index (χ2n) is 5.70. The second kappa shape index (κ2) is 3.59. The number of piperidine rings is 1. The fraction of sp³-hybridized carbons (Fsp3) is 0.769. The molecule has 1 aliphatic heterocycles. The third kappa shape index (κ3) is 1.49. The molecule has 0 aromatic carbocycles. The average molecular weight is 219 g/mol. The Morgan fingerprint density at radius 3 is 2.69 bits per heavy atom. The zero-order chi connectivity index (χ0) is 11.3. The number of fused-ring (bicyclic) bond motifs is 2. The molecule has 2 fully saturated rings. The molecule has 16 heavy (non-hydrogen) atoms. The maximum Gasteiger partial charge on any atom is 0.0659 e. The van der Waals surface area contributed by atoms with E-state index in [1.807, 2.05) is 11.7 Å². The normalized spacial score (nSPS) is 34.1. The van der Waals surface area contributed by atoms with Crippen LogP contribution in [0.1, 0.15) is 38.3 Å². The SMILES string of the molecule is CC(C)N1CC2CC1CC2c1ccn(C)n1. The predicted octanol–water partition coefficient (Wildman–Crippen LogP) is 2.01. The Labute approximate surface area is 97.4 Å². The van der Waals surface area contributed by atoms with E-state index in [2.05, 4.69) is 36.1 Å². The van der Waals surface area contributed by atoms with Gasteiger partial charge in [0.15, 0.2) is 0 Å². The molecule has 1 aliphatic carbocycles. The number of nitrogens with zero attached hydrogens (tertiary/aromatic N) is 3. The molecule has 0 radical (unpaired) electrons. The third-order valence-corrected chi connectivity index (χ3v) is 4.36. The van der Waals surface area contributed by atoms with Crippen molar-refractivity contribution in [3.63, 3.8) is 0 Å². The molecule has 3 rings (SSSR count). The zero-order valence-corrected chi connectivity index (χ0v) is 10.4. The number of hydrogen-bond donors (Lipinski definition) is 0. The third-order valence-electron chi connectivity index (χ3n) is 4.36. The molecule has 3 atom stereocenters. The van der Waals surface area contributed by atoms with Crippen LogP contribution in [0.15, 0.2) is 12.3 Å². The first kappa shape index (κ1) is 10.3. The molecule has 0 N–H and O–H groups in total. The minimum absolute atomic E-state index is 0.708. The Kier molecular flexibility index (Phi) is 2.32. The summed E-state index contributed by atoms with van der Waals surface area (Å²) in [5.74, 6) is 1.57. The zero-order valence-electron chi connectivity index (χ0n) is 10.4. The minimum atomic E-state index is 0.708. The van der Waals surface area contributed by atoms with E-state index in [1.54, 1.807) is 0 Å². The number of aryl methyl sites for hydroxylation is 1. The molecule has 1 aromatic heterocycles. The van der Waals surface area contributed by atoms with E-state index in [4.69, 9.17) is 0 Å². The first-order valence-corrected chi connectivity index (χ1v) is 6.40. The highest BCUT2D eigenvalue weighted by Crippen LogP contribution is 2.47. The minimum Gasteiger partial charge on any atom is -0.298 e. The van der Waals surface area contributed by atoms with Crippen LogP contribution in [-0.2, 0) is 7.05 Å². The van der Waals surface area contributed by atoms with Gasteiger partial charge in [-0.25, -0.2) is 0 Å². The van der Waals surface area contributed by atoms with E-state index in [-0.39, 0.29) is 0 Å². The molecule has 1 saturated heterocycles. The smallest absolute Gasteiger partial charge is 0.0659 e. The topological polar surface area (TPSA) is 21.1 Å². The monoisotopic (exact) mass is 219 g/mol. The summed E-state index contributed by atoms with van der Waals surface area (Å²) in [6, 6.07) is 3.72. The molecular weight excluding hydrogens is 198 g/mol. The molecule has 3 nitrogen and oxygen atoms in total. The Hall–Kier alpha value is -0.830. The van der Waals surface area contributed by atoms with Crippen LogP contribution in [0.25, 0.3) is 0 Å². The highest BCUT2D eigenvalue weighted by molar-refractivity contribution is 5.15. The van der Waals surface area contributed by atoms with Gasteiger partial charge in [0.25, 0.3) is 0 Å². The van der Waals surface area contributed by atoms with E-state index in [9.17, 15) is 0 Å². The fourth-order valence-electron chi connectivity index (χ4n) is 3.61. The highest BCUT2D eigenvalue weighted by Gasteiger charge is 2.46. The van der Waals surface area contributed by atoms with Crippen LogP contribution >= 0.6 is 0 Å². The summed E-state index contributed by atoms with van der Waals surface area (Å²) < 4.78 is 1.93. The van der Waals surface area contributed by atoms with Gasteiger partial charge in [-0.15, -0.1) is 0 Å². The predicted molar refractivity (Wildman–Crippen MR) is 64.3 cm³/mol. The summed E-state index contributed by atoms with van der Waals surface area (Å²) in [5, 5.41) is 4.58. The van der Waals surface area contributed by atoms with Crippen molar-refractivity contribution in [3.8, 4) is 0 Å². The molecular formula is C13H21N3. The Morgan fingerprint density at radius 1 is 1.38 bits per heavy atom. The van der Waals surface area contributed by atoms with Gasteiger partial charge in [-0.1, -0.05) is 0 Å². The molecule has 3 heteroatoms. The lowest BCUT2D eigenvalue weighted by Gasteiger charge is -2.33. The second-order valence-corrected chi connectivity index (χ2v) is 5.70. The van der Waals surface area contributed by atoms with Gasteiger partial charge in [-0.05, 0) is 38.7 Å². The molecule has 88 valence electrons. The maximum absolute atomic E-state index is 4.58. The summed E-state index contributed by atoms with van der Waals surface area (Å²) in [7, 11) is 2.01. The van der Waals surface area contributed by atoms with E-state index < -0.39 is 0 Å². The van der Waals surface area contributed by atoms with Crippen LogP contribution in [0, 0.1) is 5.92 Å². The van der Waals surface area contributed by atoms with Crippen molar-refractivity contribution in [1.82, 2.24) is 14.7 Å². The molecule has 0 spiro atoms. The van der Waals surface area contributed by atoms with Crippen molar-refractivity contribution in [2.24, 2.45) is 13.0 Å². The van der Waals surface area contributed by atoms with Gasteiger partial charge in [-0.2, -0.15) is 5.10 Å². The van der Waals surface area contributed by atoms with Gasteiger partial charge in [0.1, 0.15) is 0 Å². The molecule has 2 bridgehead atoms. The maximum atomic E-state index is 4.58. The van der Waals surface area contributed by atoms with Crippen molar-refractivity contribution < 1.29 is 0 Å². The molecule has 1 saturated carbocycles. The van der Waals surface area contributed by atoms with E-state index in [0.29, 0.717) is 6.04 Å². The number of hydrogen-bond acceptors (Lipinski definition) is 2. The van der Waals surface area contributed by atoms with Crippen molar-refractivity contribution in [3.05, 3.63) is 18.0 Å². The Bertz CT molecular complexity index is 382. The lowest BCUT2D eigenvalue weighted by atomic mass is 9.91. The van der Waals surface area contributed by atoms with Crippen LogP contribution in [0.3, 0.4) is 0 Å². The molecule has 3 unspecified atom stereocenters. The quantitative estimate of drug-likeness (QED) is 0.758. The van der Waals surface area contributed by atoms with Gasteiger partial charge in [-0.3, -0.25) is 9.58 Å². The highest BCUT2D eigenvalue weighted by atomic mass is 15.3. The van der Waals surface area contributed by atoms with E-state index >= 15 is 0 Å². The summed E-state index contributed by atoms with van der Waals surface area (Å²) >= 11 is 0. The van der Waals surface area contributed by atoms with Gasteiger partial charge in [0, 0.05) is 37.8 Å². The first-order valence-electron chi connectivity index (χ1n) is 6.40. The standard InChI is InChI=1S/C13H21N3/c1-9(2)16-8-10-6-11(16)7-12(10)13-4-5-15(3)14-13/h4-5,9-12H,6-8H2,1-3H3. The van der Waals surface area contributed by atoms with Gasteiger partial charge < -0.3 is 0 Å². The Morgan fingerprint density at radius 2 is 2.19 bits per heavy atom. The largest absolute Gasteiger partial charge is 0.298 e. The van der Waals surface area contributed by atoms with Gasteiger partial charge in [0.2, 0.25) is 0 Å². The molecule has 2 aliphatic rings. The lowest BCUT2D eigenvalue weighted by Crippen LogP contribution is -2.39. The van der Waals surface area contributed by atoms with Crippen molar-refractivity contribution in [1.29, 1.82) is 0 Å². The molecule has 1 aromatic rings. The van der Waals surface area contributed by atoms with Crippen molar-refractivity contribution >= 4 is 0 Å². The first-order chi connectivity index (χ1) is 7.65.